The van der Waals surface area contributed by atoms with E-state index in [0.717, 1.165) is 36.0 Å². The van der Waals surface area contributed by atoms with Gasteiger partial charge in [-0.25, -0.2) is 4.79 Å². The number of hydrogen-bond donors (Lipinski definition) is 1. The van der Waals surface area contributed by atoms with E-state index in [-0.39, 0.29) is 5.76 Å². The van der Waals surface area contributed by atoms with E-state index in [1.807, 2.05) is 49.4 Å². The molecule has 1 saturated carbocycles. The largest absolute Gasteiger partial charge is 0.507 e. The Morgan fingerprint density at radius 1 is 1.00 bits per heavy atom. The van der Waals surface area contributed by atoms with Crippen LogP contribution in [0.3, 0.4) is 0 Å². The van der Waals surface area contributed by atoms with Crippen molar-refractivity contribution < 1.29 is 14.6 Å². The Bertz CT molecular complexity index is 890. The van der Waals surface area contributed by atoms with Crippen LogP contribution in [0.25, 0.3) is 16.7 Å². The van der Waals surface area contributed by atoms with E-state index < -0.39 is 11.6 Å². The van der Waals surface area contributed by atoms with Crippen molar-refractivity contribution in [1.82, 2.24) is 0 Å². The molecule has 4 heteroatoms. The van der Waals surface area contributed by atoms with Gasteiger partial charge in [-0.15, -0.1) is 0 Å². The number of hydrogen-bond acceptors (Lipinski definition) is 3. The third-order valence-electron chi connectivity index (χ3n) is 5.49. The molecule has 4 rings (SSSR count). The zero-order valence-electron chi connectivity index (χ0n) is 14.7. The lowest BCUT2D eigenvalue weighted by atomic mass is 9.82. The molecule has 1 aliphatic heterocycles. The van der Waals surface area contributed by atoms with Crippen molar-refractivity contribution in [2.75, 3.05) is 0 Å². The number of rotatable bonds is 2. The van der Waals surface area contributed by atoms with Gasteiger partial charge in [0.15, 0.2) is 11.4 Å². The predicted molar refractivity (Wildman–Crippen MR) is 103 cm³/mol. The summed E-state index contributed by atoms with van der Waals surface area (Å²) in [5.74, 6) is -0.302. The summed E-state index contributed by atoms with van der Waals surface area (Å²) in [5, 5.41) is 11.5. The molecule has 1 heterocycles. The number of halogens is 1. The third-order valence-corrected chi connectivity index (χ3v) is 5.74. The Labute approximate surface area is 158 Å². The molecule has 134 valence electrons. The van der Waals surface area contributed by atoms with Crippen LogP contribution in [0.15, 0.2) is 48.2 Å². The minimum atomic E-state index is -0.798. The maximum atomic E-state index is 12.5. The molecule has 0 amide bonds. The lowest BCUT2D eigenvalue weighted by molar-refractivity contribution is -0.149. The molecule has 1 fully saturated rings. The second-order valence-corrected chi connectivity index (χ2v) is 7.64. The van der Waals surface area contributed by atoms with Gasteiger partial charge in [0.1, 0.15) is 5.57 Å². The number of carbonyl (C=O) groups is 1. The molecule has 26 heavy (non-hydrogen) atoms. The van der Waals surface area contributed by atoms with Gasteiger partial charge in [-0.05, 0) is 67.0 Å². The normalized spacial score (nSPS) is 19.1. The Morgan fingerprint density at radius 2 is 1.65 bits per heavy atom. The molecule has 0 unspecified atom stereocenters. The first-order valence-corrected chi connectivity index (χ1v) is 9.42. The quantitative estimate of drug-likeness (QED) is 0.677. The first-order valence-electron chi connectivity index (χ1n) is 9.04. The maximum Gasteiger partial charge on any atom is 0.343 e. The lowest BCUT2D eigenvalue weighted by Crippen LogP contribution is -2.34. The van der Waals surface area contributed by atoms with E-state index >= 15 is 0 Å². The number of carbonyl (C=O) groups excluding carboxylic acids is 1. The van der Waals surface area contributed by atoms with Crippen molar-refractivity contribution >= 4 is 23.1 Å². The van der Waals surface area contributed by atoms with Gasteiger partial charge in [-0.3, -0.25) is 0 Å². The van der Waals surface area contributed by atoms with E-state index in [1.165, 1.54) is 0 Å². The van der Waals surface area contributed by atoms with Gasteiger partial charge < -0.3 is 9.84 Å². The van der Waals surface area contributed by atoms with Crippen LogP contribution in [-0.2, 0) is 9.53 Å². The molecule has 0 bridgehead atoms. The summed E-state index contributed by atoms with van der Waals surface area (Å²) in [4.78, 5) is 12.5. The van der Waals surface area contributed by atoms with Crippen molar-refractivity contribution in [2.24, 2.45) is 0 Å². The van der Waals surface area contributed by atoms with Crippen LogP contribution >= 0.6 is 11.6 Å². The Hall–Kier alpha value is -2.26. The highest BCUT2D eigenvalue weighted by molar-refractivity contribution is 6.30. The highest BCUT2D eigenvalue weighted by Gasteiger charge is 2.48. The van der Waals surface area contributed by atoms with Crippen LogP contribution < -0.4 is 0 Å². The zero-order chi connectivity index (χ0) is 18.3. The molecule has 0 atom stereocenters. The fraction of sp³-hybridized carbons (Fsp3) is 0.318. The standard InChI is InChI=1S/C22H21ClO3/c1-14-13-16(7-10-18(14)15-5-8-17(23)9-6-15)19-20(24)22(26-21(19)25)11-3-2-4-12-22/h5-10,13,24H,2-4,11-12H2,1H3. The molecule has 2 aromatic rings. The first kappa shape index (κ1) is 17.2. The van der Waals surface area contributed by atoms with Gasteiger partial charge in [-0.2, -0.15) is 0 Å². The fourth-order valence-corrected chi connectivity index (χ4v) is 4.22. The van der Waals surface area contributed by atoms with Crippen LogP contribution in [0.2, 0.25) is 5.02 Å². The smallest absolute Gasteiger partial charge is 0.343 e. The molecule has 1 aliphatic carbocycles. The van der Waals surface area contributed by atoms with Crippen molar-refractivity contribution in [3.05, 3.63) is 64.4 Å². The first-order chi connectivity index (χ1) is 12.5. The van der Waals surface area contributed by atoms with E-state index in [0.29, 0.717) is 29.0 Å². The number of esters is 1. The van der Waals surface area contributed by atoms with Crippen LogP contribution in [0.5, 0.6) is 0 Å². The van der Waals surface area contributed by atoms with Crippen LogP contribution in [0.4, 0.5) is 0 Å². The number of aliphatic hydroxyl groups excluding tert-OH is 1. The third kappa shape index (κ3) is 2.80. The van der Waals surface area contributed by atoms with Crippen LogP contribution in [0.1, 0.15) is 43.2 Å². The van der Waals surface area contributed by atoms with Gasteiger partial charge in [0.05, 0.1) is 0 Å². The fourth-order valence-electron chi connectivity index (χ4n) is 4.09. The van der Waals surface area contributed by atoms with Gasteiger partial charge >= 0.3 is 5.97 Å². The molecular weight excluding hydrogens is 348 g/mol. The predicted octanol–water partition coefficient (Wildman–Crippen LogP) is 5.84. The molecule has 0 radical (unpaired) electrons. The molecule has 0 aromatic heterocycles. The summed E-state index contributed by atoms with van der Waals surface area (Å²) >= 11 is 5.97. The molecule has 0 saturated heterocycles. The van der Waals surface area contributed by atoms with E-state index in [2.05, 4.69) is 0 Å². The Kier molecular flexibility index (Phi) is 4.28. The van der Waals surface area contributed by atoms with E-state index in [1.54, 1.807) is 0 Å². The Balaban J connectivity index is 1.73. The van der Waals surface area contributed by atoms with Gasteiger partial charge in [0, 0.05) is 5.02 Å². The maximum absolute atomic E-state index is 12.5. The molecule has 2 aliphatic rings. The SMILES string of the molecule is Cc1cc(C2=C(O)C3(CCCCC3)OC2=O)ccc1-c1ccc(Cl)cc1. The molecule has 1 spiro atoms. The topological polar surface area (TPSA) is 46.5 Å². The number of benzene rings is 2. The summed E-state index contributed by atoms with van der Waals surface area (Å²) < 4.78 is 5.66. The van der Waals surface area contributed by atoms with Gasteiger partial charge in [0.25, 0.3) is 0 Å². The minimum absolute atomic E-state index is 0.112. The summed E-state index contributed by atoms with van der Waals surface area (Å²) in [5.41, 5.74) is 3.40. The van der Waals surface area contributed by atoms with Gasteiger partial charge in [-0.1, -0.05) is 48.4 Å². The highest BCUT2D eigenvalue weighted by atomic mass is 35.5. The second-order valence-electron chi connectivity index (χ2n) is 7.20. The molecule has 2 aromatic carbocycles. The molecular formula is C22H21ClO3. The summed E-state index contributed by atoms with van der Waals surface area (Å²) in [6.07, 6.45) is 4.47. The average Bonchev–Trinajstić information content (AvgIpc) is 2.86. The molecule has 3 nitrogen and oxygen atoms in total. The Morgan fingerprint density at radius 3 is 2.31 bits per heavy atom. The van der Waals surface area contributed by atoms with Crippen LogP contribution in [0, 0.1) is 6.92 Å². The summed E-state index contributed by atoms with van der Waals surface area (Å²) in [6, 6.07) is 13.5. The van der Waals surface area contributed by atoms with Crippen molar-refractivity contribution in [2.45, 2.75) is 44.6 Å². The lowest BCUT2D eigenvalue weighted by Gasteiger charge is -2.31. The van der Waals surface area contributed by atoms with E-state index in [9.17, 15) is 9.90 Å². The monoisotopic (exact) mass is 368 g/mol. The second kappa shape index (κ2) is 6.48. The minimum Gasteiger partial charge on any atom is -0.507 e. The van der Waals surface area contributed by atoms with Crippen molar-refractivity contribution in [3.8, 4) is 11.1 Å². The van der Waals surface area contributed by atoms with Crippen molar-refractivity contribution in [3.63, 3.8) is 0 Å². The zero-order valence-corrected chi connectivity index (χ0v) is 15.5. The molecule has 1 N–H and O–H groups in total. The summed E-state index contributed by atoms with van der Waals surface area (Å²) in [6.45, 7) is 2.00. The van der Waals surface area contributed by atoms with E-state index in [4.69, 9.17) is 16.3 Å². The average molecular weight is 369 g/mol. The number of aryl methyl sites for hydroxylation is 1. The van der Waals surface area contributed by atoms with Crippen LogP contribution in [-0.4, -0.2) is 16.7 Å². The number of aliphatic hydroxyl groups is 1. The number of ether oxygens (including phenoxy) is 1. The van der Waals surface area contributed by atoms with Gasteiger partial charge in [0.2, 0.25) is 0 Å². The van der Waals surface area contributed by atoms with Crippen molar-refractivity contribution in [1.29, 1.82) is 0 Å². The summed E-state index contributed by atoms with van der Waals surface area (Å²) in [7, 11) is 0. The highest BCUT2D eigenvalue weighted by Crippen LogP contribution is 2.45.